The van der Waals surface area contributed by atoms with Crippen LogP contribution in [-0.2, 0) is 22.7 Å². The molecule has 1 aromatic heterocycles. The number of ether oxygens (including phenoxy) is 2. The first-order valence-corrected chi connectivity index (χ1v) is 11.4. The molecule has 4 aromatic rings. The largest absolute Gasteiger partial charge is 0.497 e. The SMILES string of the molecule is CCn1c2ccccc2c2cc(NC(=O)CC(C)=NNC(=O)OCc3ccc(OC)cc3)ccc21. The van der Waals surface area contributed by atoms with Crippen molar-refractivity contribution in [1.82, 2.24) is 9.99 Å². The van der Waals surface area contributed by atoms with Gasteiger partial charge in [-0.25, -0.2) is 10.2 Å². The predicted octanol–water partition coefficient (Wildman–Crippen LogP) is 5.45. The summed E-state index contributed by atoms with van der Waals surface area (Å²) in [5.41, 5.74) is 6.59. The number of benzene rings is 3. The second-order valence-electron chi connectivity index (χ2n) is 8.10. The van der Waals surface area contributed by atoms with Crippen LogP contribution in [0.25, 0.3) is 21.8 Å². The van der Waals surface area contributed by atoms with Gasteiger partial charge in [0, 0.05) is 39.7 Å². The molecule has 3 aromatic carbocycles. The Morgan fingerprint density at radius 2 is 1.71 bits per heavy atom. The average Bonchev–Trinajstić information content (AvgIpc) is 3.19. The normalized spacial score (nSPS) is 11.5. The van der Waals surface area contributed by atoms with Crippen LogP contribution in [0.15, 0.2) is 71.8 Å². The van der Waals surface area contributed by atoms with Gasteiger partial charge in [-0.1, -0.05) is 30.3 Å². The van der Waals surface area contributed by atoms with Gasteiger partial charge in [-0.3, -0.25) is 4.79 Å². The fourth-order valence-corrected chi connectivity index (χ4v) is 3.99. The predicted molar refractivity (Wildman–Crippen MR) is 138 cm³/mol. The molecule has 35 heavy (non-hydrogen) atoms. The third-order valence-electron chi connectivity index (χ3n) is 5.66. The molecule has 1 heterocycles. The van der Waals surface area contributed by atoms with E-state index in [1.54, 1.807) is 26.2 Å². The summed E-state index contributed by atoms with van der Waals surface area (Å²) in [6.45, 7) is 4.75. The van der Waals surface area contributed by atoms with Gasteiger partial charge in [0.2, 0.25) is 5.91 Å². The number of methoxy groups -OCH3 is 1. The molecular weight excluding hydrogens is 444 g/mol. The molecule has 0 bridgehead atoms. The Morgan fingerprint density at radius 3 is 2.46 bits per heavy atom. The second kappa shape index (κ2) is 10.7. The summed E-state index contributed by atoms with van der Waals surface area (Å²) >= 11 is 0. The maximum Gasteiger partial charge on any atom is 0.428 e. The maximum absolute atomic E-state index is 12.5. The number of carbonyl (C=O) groups excluding carboxylic acids is 2. The van der Waals surface area contributed by atoms with Gasteiger partial charge in [0.15, 0.2) is 0 Å². The standard InChI is InChI=1S/C27H28N4O4/c1-4-31-24-8-6-5-7-22(24)23-16-20(11-14-25(23)31)28-26(32)15-18(2)29-30-27(33)35-17-19-9-12-21(34-3)13-10-19/h5-14,16H,4,15,17H2,1-3H3,(H,28,32)(H,30,33). The lowest BCUT2D eigenvalue weighted by Gasteiger charge is -2.08. The van der Waals surface area contributed by atoms with Crippen molar-refractivity contribution < 1.29 is 19.1 Å². The molecule has 0 spiro atoms. The van der Waals surface area contributed by atoms with Crippen molar-refractivity contribution in [3.8, 4) is 5.75 Å². The first-order valence-electron chi connectivity index (χ1n) is 11.4. The van der Waals surface area contributed by atoms with E-state index >= 15 is 0 Å². The minimum atomic E-state index is -0.696. The quantitative estimate of drug-likeness (QED) is 0.263. The third kappa shape index (κ3) is 5.60. The Bertz CT molecular complexity index is 1390. The summed E-state index contributed by atoms with van der Waals surface area (Å²) in [5, 5.41) is 9.11. The molecule has 0 aliphatic carbocycles. The maximum atomic E-state index is 12.5. The third-order valence-corrected chi connectivity index (χ3v) is 5.66. The fraction of sp³-hybridized carbons (Fsp3) is 0.222. The van der Waals surface area contributed by atoms with E-state index in [4.69, 9.17) is 9.47 Å². The number of hydrazone groups is 1. The number of aromatic nitrogens is 1. The van der Waals surface area contributed by atoms with E-state index in [0.717, 1.165) is 34.1 Å². The van der Waals surface area contributed by atoms with Gasteiger partial charge in [-0.15, -0.1) is 0 Å². The number of para-hydroxylation sites is 1. The van der Waals surface area contributed by atoms with Crippen molar-refractivity contribution in [2.75, 3.05) is 12.4 Å². The number of carbonyl (C=O) groups is 2. The van der Waals surface area contributed by atoms with E-state index in [2.05, 4.69) is 39.5 Å². The highest BCUT2D eigenvalue weighted by Gasteiger charge is 2.11. The van der Waals surface area contributed by atoms with Gasteiger partial charge < -0.3 is 19.4 Å². The van der Waals surface area contributed by atoms with E-state index in [0.29, 0.717) is 11.4 Å². The zero-order valence-electron chi connectivity index (χ0n) is 20.0. The molecule has 2 amide bonds. The minimum absolute atomic E-state index is 0.0352. The van der Waals surface area contributed by atoms with Crippen molar-refractivity contribution in [3.63, 3.8) is 0 Å². The second-order valence-corrected chi connectivity index (χ2v) is 8.10. The van der Waals surface area contributed by atoms with E-state index in [9.17, 15) is 9.59 Å². The molecular formula is C27H28N4O4. The first kappa shape index (κ1) is 23.8. The lowest BCUT2D eigenvalue weighted by Crippen LogP contribution is -2.22. The highest BCUT2D eigenvalue weighted by Crippen LogP contribution is 2.31. The van der Waals surface area contributed by atoms with Crippen LogP contribution in [0.4, 0.5) is 10.5 Å². The van der Waals surface area contributed by atoms with Gasteiger partial charge >= 0.3 is 6.09 Å². The number of nitrogens with zero attached hydrogens (tertiary/aromatic N) is 2. The van der Waals surface area contributed by atoms with Crippen LogP contribution in [0.1, 0.15) is 25.8 Å². The lowest BCUT2D eigenvalue weighted by molar-refractivity contribution is -0.115. The van der Waals surface area contributed by atoms with E-state index in [-0.39, 0.29) is 18.9 Å². The van der Waals surface area contributed by atoms with E-state index in [1.165, 1.54) is 5.52 Å². The van der Waals surface area contributed by atoms with Crippen molar-refractivity contribution in [3.05, 3.63) is 72.3 Å². The number of rotatable bonds is 8. The molecule has 0 saturated carbocycles. The summed E-state index contributed by atoms with van der Waals surface area (Å²) in [7, 11) is 1.59. The number of hydrogen-bond acceptors (Lipinski definition) is 5. The molecule has 0 aliphatic rings. The van der Waals surface area contributed by atoms with Crippen molar-refractivity contribution >= 4 is 45.2 Å². The number of fused-ring (bicyclic) bond motifs is 3. The Kier molecular flexibility index (Phi) is 7.30. The van der Waals surface area contributed by atoms with Crippen LogP contribution in [-0.4, -0.2) is 29.4 Å². The van der Waals surface area contributed by atoms with Crippen LogP contribution in [0.5, 0.6) is 5.75 Å². The first-order chi connectivity index (χ1) is 17.0. The fourth-order valence-electron chi connectivity index (χ4n) is 3.99. The Hall–Kier alpha value is -4.33. The smallest absolute Gasteiger partial charge is 0.428 e. The van der Waals surface area contributed by atoms with Crippen molar-refractivity contribution in [2.24, 2.45) is 5.10 Å². The van der Waals surface area contributed by atoms with Crippen molar-refractivity contribution in [2.45, 2.75) is 33.4 Å². The minimum Gasteiger partial charge on any atom is -0.497 e. The topological polar surface area (TPSA) is 94.0 Å². The van der Waals surface area contributed by atoms with Gasteiger partial charge in [0.05, 0.1) is 13.5 Å². The molecule has 0 atom stereocenters. The van der Waals surface area contributed by atoms with Gasteiger partial charge in [0.25, 0.3) is 0 Å². The zero-order chi connectivity index (χ0) is 24.8. The molecule has 0 unspecified atom stereocenters. The molecule has 0 radical (unpaired) electrons. The molecule has 0 fully saturated rings. The van der Waals surface area contributed by atoms with Crippen LogP contribution in [0.3, 0.4) is 0 Å². The van der Waals surface area contributed by atoms with Crippen molar-refractivity contribution in [1.29, 1.82) is 0 Å². The monoisotopic (exact) mass is 472 g/mol. The van der Waals surface area contributed by atoms with Crippen LogP contribution in [0.2, 0.25) is 0 Å². The molecule has 180 valence electrons. The number of anilines is 1. The zero-order valence-corrected chi connectivity index (χ0v) is 20.0. The highest BCUT2D eigenvalue weighted by molar-refractivity contribution is 6.11. The molecule has 8 nitrogen and oxygen atoms in total. The van der Waals surface area contributed by atoms with E-state index in [1.807, 2.05) is 42.5 Å². The summed E-state index contributed by atoms with van der Waals surface area (Å²) in [4.78, 5) is 24.5. The molecule has 2 N–H and O–H groups in total. The van der Waals surface area contributed by atoms with Crippen LogP contribution < -0.4 is 15.5 Å². The highest BCUT2D eigenvalue weighted by atomic mass is 16.6. The summed E-state index contributed by atoms with van der Waals surface area (Å²) in [6.07, 6.45) is -0.661. The Morgan fingerprint density at radius 1 is 0.971 bits per heavy atom. The molecule has 0 saturated heterocycles. The summed E-state index contributed by atoms with van der Waals surface area (Å²) in [6, 6.07) is 21.3. The molecule has 0 aliphatic heterocycles. The summed E-state index contributed by atoms with van der Waals surface area (Å²) in [5.74, 6) is 0.502. The van der Waals surface area contributed by atoms with E-state index < -0.39 is 6.09 Å². The van der Waals surface area contributed by atoms with Gasteiger partial charge in [-0.05, 0) is 55.8 Å². The lowest BCUT2D eigenvalue weighted by atomic mass is 10.1. The Labute approximate surface area is 203 Å². The number of aryl methyl sites for hydroxylation is 1. The molecule has 8 heteroatoms. The number of hydrogen-bond donors (Lipinski definition) is 2. The Balaban J connectivity index is 1.32. The summed E-state index contributed by atoms with van der Waals surface area (Å²) < 4.78 is 12.5. The molecule has 4 rings (SSSR count). The van der Waals surface area contributed by atoms with Gasteiger partial charge in [0.1, 0.15) is 12.4 Å². The number of nitrogens with one attached hydrogen (secondary N) is 2. The van der Waals surface area contributed by atoms with Gasteiger partial charge in [-0.2, -0.15) is 5.10 Å². The number of amides is 2. The average molecular weight is 473 g/mol. The van der Waals surface area contributed by atoms with Crippen LogP contribution >= 0.6 is 0 Å². The van der Waals surface area contributed by atoms with Crippen LogP contribution in [0, 0.1) is 0 Å².